The summed E-state index contributed by atoms with van der Waals surface area (Å²) in [5, 5.41) is 21.4. The SMILES string of the molecule is N#C/C(=C\c1ccccc1Cc1ccccc1F)C(=O)Nc1ccc(O)cc1. The molecule has 0 heterocycles. The van der Waals surface area contributed by atoms with E-state index in [-0.39, 0.29) is 17.1 Å². The number of phenolic OH excluding ortho intramolecular Hbond substituents is 1. The zero-order valence-corrected chi connectivity index (χ0v) is 14.9. The van der Waals surface area contributed by atoms with E-state index in [0.29, 0.717) is 23.2 Å². The average molecular weight is 372 g/mol. The highest BCUT2D eigenvalue weighted by atomic mass is 19.1. The third kappa shape index (κ3) is 4.63. The zero-order valence-electron chi connectivity index (χ0n) is 14.9. The topological polar surface area (TPSA) is 73.1 Å². The third-order valence-corrected chi connectivity index (χ3v) is 4.18. The molecule has 0 atom stereocenters. The van der Waals surface area contributed by atoms with Gasteiger partial charge in [0.1, 0.15) is 23.2 Å². The van der Waals surface area contributed by atoms with E-state index < -0.39 is 5.91 Å². The molecular weight excluding hydrogens is 355 g/mol. The molecular formula is C23H17FN2O2. The predicted octanol–water partition coefficient (Wildman–Crippen LogP) is 4.67. The van der Waals surface area contributed by atoms with Gasteiger partial charge in [-0.25, -0.2) is 4.39 Å². The van der Waals surface area contributed by atoms with Crippen molar-refractivity contribution >= 4 is 17.7 Å². The van der Waals surface area contributed by atoms with Gasteiger partial charge in [0.2, 0.25) is 0 Å². The number of nitrogens with zero attached hydrogens (tertiary/aromatic N) is 1. The standard InChI is InChI=1S/C23H17FN2O2/c24-22-8-4-3-7-18(22)13-16-5-1-2-6-17(16)14-19(15-25)23(28)26-20-9-11-21(27)12-10-20/h1-12,14,27H,13H2,(H,26,28)/b19-14+. The first-order chi connectivity index (χ1) is 13.6. The minimum Gasteiger partial charge on any atom is -0.508 e. The van der Waals surface area contributed by atoms with E-state index in [0.717, 1.165) is 5.56 Å². The molecule has 3 rings (SSSR count). The molecule has 0 radical (unpaired) electrons. The van der Waals surface area contributed by atoms with Gasteiger partial charge in [-0.15, -0.1) is 0 Å². The van der Waals surface area contributed by atoms with Gasteiger partial charge in [0.05, 0.1) is 0 Å². The van der Waals surface area contributed by atoms with Gasteiger partial charge in [-0.05, 0) is 53.1 Å². The second-order valence-electron chi connectivity index (χ2n) is 6.14. The minimum absolute atomic E-state index is 0.0749. The normalized spacial score (nSPS) is 10.9. The number of phenols is 1. The van der Waals surface area contributed by atoms with Crippen LogP contribution in [0, 0.1) is 17.1 Å². The summed E-state index contributed by atoms with van der Waals surface area (Å²) in [4.78, 5) is 12.4. The van der Waals surface area contributed by atoms with Crippen molar-refractivity contribution in [2.45, 2.75) is 6.42 Å². The number of nitriles is 1. The Morgan fingerprint density at radius 3 is 2.32 bits per heavy atom. The van der Waals surface area contributed by atoms with Gasteiger partial charge < -0.3 is 10.4 Å². The first kappa shape index (κ1) is 18.9. The van der Waals surface area contributed by atoms with Crippen LogP contribution in [0.25, 0.3) is 6.08 Å². The van der Waals surface area contributed by atoms with E-state index in [1.807, 2.05) is 18.2 Å². The number of benzene rings is 3. The Kier molecular flexibility index (Phi) is 5.83. The molecule has 5 heteroatoms. The predicted molar refractivity (Wildman–Crippen MR) is 106 cm³/mol. The summed E-state index contributed by atoms with van der Waals surface area (Å²) < 4.78 is 14.0. The van der Waals surface area contributed by atoms with E-state index in [1.165, 1.54) is 36.4 Å². The summed E-state index contributed by atoms with van der Waals surface area (Å²) in [5.41, 5.74) is 2.40. The summed E-state index contributed by atoms with van der Waals surface area (Å²) in [7, 11) is 0. The summed E-state index contributed by atoms with van der Waals surface area (Å²) in [6.45, 7) is 0. The smallest absolute Gasteiger partial charge is 0.266 e. The molecule has 0 fully saturated rings. The van der Waals surface area contributed by atoms with E-state index in [9.17, 15) is 19.6 Å². The van der Waals surface area contributed by atoms with Crippen LogP contribution in [-0.2, 0) is 11.2 Å². The van der Waals surface area contributed by atoms with Crippen LogP contribution in [0.1, 0.15) is 16.7 Å². The number of halogens is 1. The van der Waals surface area contributed by atoms with Crippen LogP contribution in [-0.4, -0.2) is 11.0 Å². The number of carbonyl (C=O) groups excluding carboxylic acids is 1. The molecule has 0 unspecified atom stereocenters. The fourth-order valence-electron chi connectivity index (χ4n) is 2.73. The van der Waals surface area contributed by atoms with Crippen molar-refractivity contribution in [3.05, 3.63) is 101 Å². The number of amides is 1. The Bertz CT molecular complexity index is 1070. The molecule has 3 aromatic carbocycles. The van der Waals surface area contributed by atoms with Gasteiger partial charge in [0.25, 0.3) is 5.91 Å². The first-order valence-corrected chi connectivity index (χ1v) is 8.60. The van der Waals surface area contributed by atoms with Crippen LogP contribution in [0.2, 0.25) is 0 Å². The van der Waals surface area contributed by atoms with E-state index in [2.05, 4.69) is 5.32 Å². The number of anilines is 1. The Labute approximate surface area is 162 Å². The van der Waals surface area contributed by atoms with Gasteiger partial charge in [-0.3, -0.25) is 4.79 Å². The number of carbonyl (C=O) groups is 1. The Morgan fingerprint density at radius 2 is 1.64 bits per heavy atom. The van der Waals surface area contributed by atoms with Crippen LogP contribution in [0.4, 0.5) is 10.1 Å². The first-order valence-electron chi connectivity index (χ1n) is 8.60. The molecule has 2 N–H and O–H groups in total. The maximum atomic E-state index is 14.0. The zero-order chi connectivity index (χ0) is 19.9. The fourth-order valence-corrected chi connectivity index (χ4v) is 2.73. The molecule has 0 bridgehead atoms. The molecule has 0 aliphatic rings. The lowest BCUT2D eigenvalue weighted by Gasteiger charge is -2.09. The van der Waals surface area contributed by atoms with Gasteiger partial charge >= 0.3 is 0 Å². The van der Waals surface area contributed by atoms with Crippen molar-refractivity contribution in [2.24, 2.45) is 0 Å². The molecule has 3 aromatic rings. The summed E-state index contributed by atoms with van der Waals surface area (Å²) in [6.07, 6.45) is 1.84. The molecule has 28 heavy (non-hydrogen) atoms. The van der Waals surface area contributed by atoms with Crippen LogP contribution in [0.5, 0.6) is 5.75 Å². The average Bonchev–Trinajstić information content (AvgIpc) is 2.70. The second kappa shape index (κ2) is 8.65. The monoisotopic (exact) mass is 372 g/mol. The van der Waals surface area contributed by atoms with Crippen LogP contribution in [0.15, 0.2) is 78.4 Å². The van der Waals surface area contributed by atoms with Crippen LogP contribution >= 0.6 is 0 Å². The molecule has 0 aliphatic heterocycles. The van der Waals surface area contributed by atoms with Crippen LogP contribution in [0.3, 0.4) is 0 Å². The molecule has 0 aromatic heterocycles. The summed E-state index contributed by atoms with van der Waals surface area (Å²) >= 11 is 0. The number of rotatable bonds is 5. The molecule has 0 spiro atoms. The highest BCUT2D eigenvalue weighted by Gasteiger charge is 2.12. The molecule has 4 nitrogen and oxygen atoms in total. The van der Waals surface area contributed by atoms with Crippen molar-refractivity contribution in [1.29, 1.82) is 5.26 Å². The number of nitrogens with one attached hydrogen (secondary N) is 1. The number of aromatic hydroxyl groups is 1. The van der Waals surface area contributed by atoms with Gasteiger partial charge in [0, 0.05) is 12.1 Å². The minimum atomic E-state index is -0.561. The van der Waals surface area contributed by atoms with Crippen molar-refractivity contribution in [2.75, 3.05) is 5.32 Å². The largest absolute Gasteiger partial charge is 0.508 e. The van der Waals surface area contributed by atoms with Crippen molar-refractivity contribution in [3.8, 4) is 11.8 Å². The Balaban J connectivity index is 1.86. The van der Waals surface area contributed by atoms with Crippen molar-refractivity contribution in [1.82, 2.24) is 0 Å². The summed E-state index contributed by atoms with van der Waals surface area (Å²) in [5.74, 6) is -0.781. The van der Waals surface area contributed by atoms with E-state index >= 15 is 0 Å². The molecule has 1 amide bonds. The molecule has 138 valence electrons. The Morgan fingerprint density at radius 1 is 1.00 bits per heavy atom. The lowest BCUT2D eigenvalue weighted by Crippen LogP contribution is -2.13. The summed E-state index contributed by atoms with van der Waals surface area (Å²) in [6, 6.07) is 21.6. The second-order valence-corrected chi connectivity index (χ2v) is 6.14. The number of hydrogen-bond acceptors (Lipinski definition) is 3. The lowest BCUT2D eigenvalue weighted by atomic mass is 9.98. The van der Waals surface area contributed by atoms with Crippen LogP contribution < -0.4 is 5.32 Å². The third-order valence-electron chi connectivity index (χ3n) is 4.18. The maximum Gasteiger partial charge on any atom is 0.266 e. The van der Waals surface area contributed by atoms with E-state index in [1.54, 1.807) is 30.3 Å². The maximum absolute atomic E-state index is 14.0. The number of hydrogen-bond donors (Lipinski definition) is 2. The highest BCUT2D eigenvalue weighted by Crippen LogP contribution is 2.20. The molecule has 0 saturated carbocycles. The lowest BCUT2D eigenvalue weighted by molar-refractivity contribution is -0.112. The highest BCUT2D eigenvalue weighted by molar-refractivity contribution is 6.09. The van der Waals surface area contributed by atoms with Crippen molar-refractivity contribution in [3.63, 3.8) is 0 Å². The van der Waals surface area contributed by atoms with Crippen molar-refractivity contribution < 1.29 is 14.3 Å². The fraction of sp³-hybridized carbons (Fsp3) is 0.0435. The Hall–Kier alpha value is -3.91. The van der Waals surface area contributed by atoms with E-state index in [4.69, 9.17) is 0 Å². The quantitative estimate of drug-likeness (QED) is 0.388. The van der Waals surface area contributed by atoms with Gasteiger partial charge in [-0.2, -0.15) is 5.26 Å². The molecule has 0 aliphatic carbocycles. The van der Waals surface area contributed by atoms with Gasteiger partial charge in [0.15, 0.2) is 0 Å². The van der Waals surface area contributed by atoms with Gasteiger partial charge in [-0.1, -0.05) is 42.5 Å². The molecule has 0 saturated heterocycles.